The van der Waals surface area contributed by atoms with Gasteiger partial charge in [0.05, 0.1) is 0 Å². The van der Waals surface area contributed by atoms with Gasteiger partial charge in [0.1, 0.15) is 0 Å². The molecule has 0 amide bonds. The van der Waals surface area contributed by atoms with Crippen molar-refractivity contribution in [3.8, 4) is 5.69 Å². The first-order valence-corrected chi connectivity index (χ1v) is 7.53. The van der Waals surface area contributed by atoms with Crippen molar-refractivity contribution in [1.82, 2.24) is 3.56 Å². The fourth-order valence-electron chi connectivity index (χ4n) is 1.73. The molecule has 17 heavy (non-hydrogen) atoms. The zero-order valence-electron chi connectivity index (χ0n) is 8.76. The molecule has 2 aromatic carbocycles. The van der Waals surface area contributed by atoms with Gasteiger partial charge in [0.15, 0.2) is 0 Å². The number of rotatable bonds is 1. The second kappa shape index (κ2) is 4.43. The maximum absolute atomic E-state index is 6.01. The standard InChI is InChI=1S/C13H8ClNSSe/c14-9-6-7-12-11(8-9)13(16)15(17-12)10-4-2-1-3-5-10/h1-8H. The number of aromatic nitrogens is 1. The van der Waals surface area contributed by atoms with Crippen LogP contribution in [0.3, 0.4) is 0 Å². The molecular weight excluding hydrogens is 317 g/mol. The third-order valence-corrected chi connectivity index (χ3v) is 5.80. The summed E-state index contributed by atoms with van der Waals surface area (Å²) in [6, 6.07) is 16.2. The fraction of sp³-hybridized carbons (Fsp3) is 0. The summed E-state index contributed by atoms with van der Waals surface area (Å²) in [5, 5.41) is 1.85. The van der Waals surface area contributed by atoms with E-state index in [1.807, 2.05) is 30.3 Å². The van der Waals surface area contributed by atoms with E-state index in [0.29, 0.717) is 0 Å². The molecule has 1 aromatic heterocycles. The van der Waals surface area contributed by atoms with E-state index in [1.54, 1.807) is 0 Å². The van der Waals surface area contributed by atoms with Crippen molar-refractivity contribution in [3.63, 3.8) is 0 Å². The quantitative estimate of drug-likeness (QED) is 0.482. The van der Waals surface area contributed by atoms with Crippen molar-refractivity contribution in [1.29, 1.82) is 0 Å². The molecule has 3 aromatic rings. The van der Waals surface area contributed by atoms with Gasteiger partial charge in [-0.1, -0.05) is 0 Å². The summed E-state index contributed by atoms with van der Waals surface area (Å²) in [4.78, 5) is 0. The van der Waals surface area contributed by atoms with Crippen LogP contribution in [-0.2, 0) is 0 Å². The maximum atomic E-state index is 6.01. The Balaban J connectivity index is 2.33. The third kappa shape index (κ3) is 2.00. The number of halogens is 1. The van der Waals surface area contributed by atoms with Crippen LogP contribution in [0.5, 0.6) is 0 Å². The monoisotopic (exact) mass is 325 g/mol. The Bertz CT molecular complexity index is 730. The minimum atomic E-state index is 0.221. The van der Waals surface area contributed by atoms with E-state index in [4.69, 9.17) is 23.8 Å². The summed E-state index contributed by atoms with van der Waals surface area (Å²) in [5.74, 6) is 0. The fourth-order valence-corrected chi connectivity index (χ4v) is 4.59. The molecule has 4 heteroatoms. The molecule has 0 bridgehead atoms. The van der Waals surface area contributed by atoms with Gasteiger partial charge in [-0.15, -0.1) is 0 Å². The Labute approximate surface area is 115 Å². The van der Waals surface area contributed by atoms with Crippen LogP contribution in [0.4, 0.5) is 0 Å². The van der Waals surface area contributed by atoms with Gasteiger partial charge in [-0.3, -0.25) is 0 Å². The van der Waals surface area contributed by atoms with Crippen LogP contribution in [0.25, 0.3) is 15.3 Å². The summed E-state index contributed by atoms with van der Waals surface area (Å²) in [7, 11) is 0. The van der Waals surface area contributed by atoms with E-state index in [0.717, 1.165) is 20.7 Å². The van der Waals surface area contributed by atoms with Crippen LogP contribution in [0.2, 0.25) is 5.02 Å². The van der Waals surface area contributed by atoms with Crippen LogP contribution in [0, 0.1) is 4.64 Å². The number of nitrogens with zero attached hydrogens (tertiary/aromatic N) is 1. The molecule has 0 atom stereocenters. The van der Waals surface area contributed by atoms with E-state index in [-0.39, 0.29) is 14.7 Å². The minimum absolute atomic E-state index is 0.221. The van der Waals surface area contributed by atoms with Crippen LogP contribution in [0.15, 0.2) is 48.5 Å². The predicted molar refractivity (Wildman–Crippen MR) is 76.1 cm³/mol. The summed E-state index contributed by atoms with van der Waals surface area (Å²) in [5.41, 5.74) is 1.16. The first-order valence-electron chi connectivity index (χ1n) is 5.13. The van der Waals surface area contributed by atoms with Crippen molar-refractivity contribution < 1.29 is 0 Å². The molecule has 0 saturated carbocycles. The van der Waals surface area contributed by atoms with Crippen LogP contribution in [0.1, 0.15) is 0 Å². The Hall–Kier alpha value is -0.861. The second-order valence-corrected chi connectivity index (χ2v) is 6.56. The summed E-state index contributed by atoms with van der Waals surface area (Å²) >= 11 is 11.8. The van der Waals surface area contributed by atoms with Gasteiger partial charge in [-0.05, 0) is 0 Å². The number of fused-ring (bicyclic) bond motifs is 1. The summed E-state index contributed by atoms with van der Waals surface area (Å²) < 4.78 is 4.38. The first-order chi connectivity index (χ1) is 8.25. The van der Waals surface area contributed by atoms with Gasteiger partial charge in [-0.25, -0.2) is 0 Å². The van der Waals surface area contributed by atoms with Crippen molar-refractivity contribution in [2.75, 3.05) is 0 Å². The molecule has 0 unspecified atom stereocenters. The number of hydrogen-bond donors (Lipinski definition) is 0. The van der Waals surface area contributed by atoms with E-state index >= 15 is 0 Å². The van der Waals surface area contributed by atoms with Crippen LogP contribution < -0.4 is 0 Å². The van der Waals surface area contributed by atoms with E-state index in [2.05, 4.69) is 21.8 Å². The van der Waals surface area contributed by atoms with Crippen LogP contribution >= 0.6 is 23.8 Å². The van der Waals surface area contributed by atoms with Gasteiger partial charge in [0.25, 0.3) is 0 Å². The Morgan fingerprint density at radius 2 is 1.82 bits per heavy atom. The predicted octanol–water partition coefficient (Wildman–Crippen LogP) is 4.07. The molecule has 84 valence electrons. The SMILES string of the molecule is S=c1c2cc(Cl)ccc2[se]n1-c1ccccc1. The summed E-state index contributed by atoms with van der Waals surface area (Å²) in [6.07, 6.45) is 0. The van der Waals surface area contributed by atoms with Crippen LogP contribution in [-0.4, -0.2) is 18.3 Å². The number of para-hydroxylation sites is 1. The molecular formula is C13H8ClNSSe. The Morgan fingerprint density at radius 3 is 2.59 bits per heavy atom. The molecule has 0 spiro atoms. The molecule has 0 aliphatic heterocycles. The number of benzene rings is 2. The average molecular weight is 325 g/mol. The van der Waals surface area contributed by atoms with Crippen molar-refractivity contribution >= 4 is 48.2 Å². The molecule has 0 aliphatic rings. The van der Waals surface area contributed by atoms with Gasteiger partial charge < -0.3 is 0 Å². The zero-order valence-corrected chi connectivity index (χ0v) is 12.0. The Kier molecular flexibility index (Phi) is 2.93. The van der Waals surface area contributed by atoms with E-state index < -0.39 is 0 Å². The van der Waals surface area contributed by atoms with Gasteiger partial charge in [-0.2, -0.15) is 0 Å². The molecule has 0 saturated heterocycles. The Morgan fingerprint density at radius 1 is 1.06 bits per heavy atom. The van der Waals surface area contributed by atoms with Crippen molar-refractivity contribution in [3.05, 3.63) is 58.2 Å². The third-order valence-electron chi connectivity index (χ3n) is 2.54. The first kappa shape index (κ1) is 11.2. The summed E-state index contributed by atoms with van der Waals surface area (Å²) in [6.45, 7) is 0. The molecule has 0 N–H and O–H groups in total. The van der Waals surface area contributed by atoms with Gasteiger partial charge >= 0.3 is 116 Å². The van der Waals surface area contributed by atoms with Crippen molar-refractivity contribution in [2.24, 2.45) is 0 Å². The molecule has 3 rings (SSSR count). The molecule has 1 nitrogen and oxygen atoms in total. The van der Waals surface area contributed by atoms with E-state index in [1.165, 1.54) is 4.26 Å². The molecule has 0 aliphatic carbocycles. The zero-order chi connectivity index (χ0) is 11.8. The van der Waals surface area contributed by atoms with Gasteiger partial charge in [0, 0.05) is 0 Å². The molecule has 0 radical (unpaired) electrons. The number of hydrogen-bond acceptors (Lipinski definition) is 1. The van der Waals surface area contributed by atoms with Crippen molar-refractivity contribution in [2.45, 2.75) is 0 Å². The topological polar surface area (TPSA) is 4.93 Å². The second-order valence-electron chi connectivity index (χ2n) is 3.67. The molecule has 0 fully saturated rings. The van der Waals surface area contributed by atoms with Gasteiger partial charge in [0.2, 0.25) is 0 Å². The average Bonchev–Trinajstić information content (AvgIpc) is 2.68. The van der Waals surface area contributed by atoms with E-state index in [9.17, 15) is 0 Å². The molecule has 1 heterocycles. The normalized spacial score (nSPS) is 10.9.